The standard InChI is InChI=1S/C10H16N2O/c1-2-10(13)12(8-7-11)9-5-3-4-6-9/h9H,2-6,8H2,1H3. The number of carbonyl (C=O) groups is 1. The first-order valence-electron chi connectivity index (χ1n) is 4.96. The molecule has 0 aliphatic heterocycles. The molecule has 0 aromatic heterocycles. The van der Waals surface area contributed by atoms with Crippen LogP contribution in [0.4, 0.5) is 0 Å². The molecule has 0 saturated heterocycles. The summed E-state index contributed by atoms with van der Waals surface area (Å²) in [7, 11) is 0. The van der Waals surface area contributed by atoms with Crippen molar-refractivity contribution in [1.29, 1.82) is 5.26 Å². The van der Waals surface area contributed by atoms with Crippen molar-refractivity contribution in [2.45, 2.75) is 45.1 Å². The van der Waals surface area contributed by atoms with E-state index in [1.54, 1.807) is 4.90 Å². The molecule has 13 heavy (non-hydrogen) atoms. The molecule has 0 spiro atoms. The molecule has 1 fully saturated rings. The Hall–Kier alpha value is -1.04. The van der Waals surface area contributed by atoms with Gasteiger partial charge in [-0.1, -0.05) is 19.8 Å². The van der Waals surface area contributed by atoms with E-state index >= 15 is 0 Å². The van der Waals surface area contributed by atoms with Crippen LogP contribution >= 0.6 is 0 Å². The summed E-state index contributed by atoms with van der Waals surface area (Å²) in [6, 6.07) is 2.40. The third-order valence-corrected chi connectivity index (χ3v) is 2.63. The predicted molar refractivity (Wildman–Crippen MR) is 49.9 cm³/mol. The summed E-state index contributed by atoms with van der Waals surface area (Å²) in [6.07, 6.45) is 5.06. The van der Waals surface area contributed by atoms with Crippen LogP contribution in [-0.4, -0.2) is 23.4 Å². The highest BCUT2D eigenvalue weighted by Gasteiger charge is 2.24. The molecule has 0 aromatic carbocycles. The van der Waals surface area contributed by atoms with Crippen LogP contribution in [0.2, 0.25) is 0 Å². The molecule has 0 radical (unpaired) electrons. The minimum absolute atomic E-state index is 0.119. The van der Waals surface area contributed by atoms with Gasteiger partial charge in [-0.15, -0.1) is 0 Å². The molecule has 0 bridgehead atoms. The Kier molecular flexibility index (Phi) is 3.75. The van der Waals surface area contributed by atoms with Gasteiger partial charge in [-0.05, 0) is 12.8 Å². The van der Waals surface area contributed by atoms with Crippen molar-refractivity contribution in [3.05, 3.63) is 0 Å². The minimum atomic E-state index is 0.119. The van der Waals surface area contributed by atoms with Crippen molar-refractivity contribution in [3.63, 3.8) is 0 Å². The van der Waals surface area contributed by atoms with Crippen molar-refractivity contribution in [2.75, 3.05) is 6.54 Å². The number of hydrogen-bond acceptors (Lipinski definition) is 2. The van der Waals surface area contributed by atoms with Crippen LogP contribution in [0.15, 0.2) is 0 Å². The van der Waals surface area contributed by atoms with Crippen molar-refractivity contribution in [3.8, 4) is 6.07 Å². The van der Waals surface area contributed by atoms with Crippen LogP contribution in [0, 0.1) is 11.3 Å². The summed E-state index contributed by atoms with van der Waals surface area (Å²) in [6.45, 7) is 2.11. The van der Waals surface area contributed by atoms with E-state index in [0.29, 0.717) is 12.5 Å². The zero-order valence-corrected chi connectivity index (χ0v) is 8.12. The first-order valence-corrected chi connectivity index (χ1v) is 4.96. The van der Waals surface area contributed by atoms with Gasteiger partial charge in [0.25, 0.3) is 0 Å². The van der Waals surface area contributed by atoms with Gasteiger partial charge in [-0.2, -0.15) is 5.26 Å². The van der Waals surface area contributed by atoms with E-state index in [0.717, 1.165) is 12.8 Å². The lowest BCUT2D eigenvalue weighted by Crippen LogP contribution is -2.38. The van der Waals surface area contributed by atoms with Gasteiger partial charge in [0.05, 0.1) is 6.07 Å². The van der Waals surface area contributed by atoms with Gasteiger partial charge in [0.15, 0.2) is 0 Å². The monoisotopic (exact) mass is 180 g/mol. The SMILES string of the molecule is CCC(=O)N(CC#N)C1CCCC1. The van der Waals surface area contributed by atoms with E-state index in [9.17, 15) is 4.79 Å². The first kappa shape index (κ1) is 10.0. The highest BCUT2D eigenvalue weighted by atomic mass is 16.2. The van der Waals surface area contributed by atoms with Crippen molar-refractivity contribution < 1.29 is 4.79 Å². The normalized spacial score (nSPS) is 16.9. The smallest absolute Gasteiger partial charge is 0.223 e. The van der Waals surface area contributed by atoms with Crippen molar-refractivity contribution in [1.82, 2.24) is 4.90 Å². The highest BCUT2D eigenvalue weighted by Crippen LogP contribution is 2.23. The van der Waals surface area contributed by atoms with Gasteiger partial charge in [0, 0.05) is 12.5 Å². The fourth-order valence-electron chi connectivity index (χ4n) is 1.92. The Labute approximate surface area is 79.3 Å². The summed E-state index contributed by atoms with van der Waals surface area (Å²) in [5.41, 5.74) is 0. The lowest BCUT2D eigenvalue weighted by Gasteiger charge is -2.25. The van der Waals surface area contributed by atoms with Gasteiger partial charge >= 0.3 is 0 Å². The van der Waals surface area contributed by atoms with Crippen LogP contribution in [0.1, 0.15) is 39.0 Å². The van der Waals surface area contributed by atoms with Gasteiger partial charge < -0.3 is 4.90 Å². The largest absolute Gasteiger partial charge is 0.326 e. The molecule has 0 unspecified atom stereocenters. The average molecular weight is 180 g/mol. The quantitative estimate of drug-likeness (QED) is 0.620. The molecule has 0 atom stereocenters. The van der Waals surface area contributed by atoms with E-state index < -0.39 is 0 Å². The second kappa shape index (κ2) is 4.86. The van der Waals surface area contributed by atoms with E-state index in [-0.39, 0.29) is 12.5 Å². The number of rotatable bonds is 3. The minimum Gasteiger partial charge on any atom is -0.326 e. The van der Waals surface area contributed by atoms with Gasteiger partial charge in [0.1, 0.15) is 6.54 Å². The maximum absolute atomic E-state index is 11.5. The molecule has 1 aliphatic carbocycles. The lowest BCUT2D eigenvalue weighted by molar-refractivity contribution is -0.132. The summed E-state index contributed by atoms with van der Waals surface area (Å²) in [5.74, 6) is 0.119. The van der Waals surface area contributed by atoms with Crippen molar-refractivity contribution >= 4 is 5.91 Å². The van der Waals surface area contributed by atoms with E-state index in [4.69, 9.17) is 5.26 Å². The molecule has 0 aromatic rings. The Bertz CT molecular complexity index is 213. The number of nitrogens with zero attached hydrogens (tertiary/aromatic N) is 2. The highest BCUT2D eigenvalue weighted by molar-refractivity contribution is 5.76. The molecule has 3 nitrogen and oxygen atoms in total. The first-order chi connectivity index (χ1) is 6.29. The predicted octanol–water partition coefficient (Wildman–Crippen LogP) is 1.69. The zero-order chi connectivity index (χ0) is 9.68. The molecule has 0 N–H and O–H groups in total. The molecule has 1 aliphatic rings. The van der Waals surface area contributed by atoms with Crippen LogP contribution in [0.5, 0.6) is 0 Å². The summed E-state index contributed by atoms with van der Waals surface area (Å²) >= 11 is 0. The summed E-state index contributed by atoms with van der Waals surface area (Å²) in [5, 5.41) is 8.60. The molecular weight excluding hydrogens is 164 g/mol. The maximum atomic E-state index is 11.5. The van der Waals surface area contributed by atoms with Crippen LogP contribution < -0.4 is 0 Å². The Balaban J connectivity index is 2.55. The van der Waals surface area contributed by atoms with Gasteiger partial charge in [-0.3, -0.25) is 4.79 Å². The molecular formula is C10H16N2O. The van der Waals surface area contributed by atoms with Crippen molar-refractivity contribution in [2.24, 2.45) is 0 Å². The lowest BCUT2D eigenvalue weighted by atomic mass is 10.2. The average Bonchev–Trinajstić information content (AvgIpc) is 2.65. The Morgan fingerprint density at radius 2 is 2.15 bits per heavy atom. The molecule has 1 rings (SSSR count). The maximum Gasteiger partial charge on any atom is 0.223 e. The van der Waals surface area contributed by atoms with E-state index in [2.05, 4.69) is 6.07 Å². The van der Waals surface area contributed by atoms with Crippen LogP contribution in [0.3, 0.4) is 0 Å². The molecule has 3 heteroatoms. The summed E-state index contributed by atoms with van der Waals surface area (Å²) in [4.78, 5) is 13.2. The number of amides is 1. The second-order valence-corrected chi connectivity index (χ2v) is 3.47. The Morgan fingerprint density at radius 3 is 2.62 bits per heavy atom. The Morgan fingerprint density at radius 1 is 1.54 bits per heavy atom. The number of carbonyl (C=O) groups excluding carboxylic acids is 1. The second-order valence-electron chi connectivity index (χ2n) is 3.47. The summed E-state index contributed by atoms with van der Waals surface area (Å²) < 4.78 is 0. The zero-order valence-electron chi connectivity index (χ0n) is 8.12. The van der Waals surface area contributed by atoms with E-state index in [1.165, 1.54) is 12.8 Å². The van der Waals surface area contributed by atoms with Crippen LogP contribution in [0.25, 0.3) is 0 Å². The van der Waals surface area contributed by atoms with Gasteiger partial charge in [-0.25, -0.2) is 0 Å². The fourth-order valence-corrected chi connectivity index (χ4v) is 1.92. The molecule has 1 amide bonds. The number of hydrogen-bond donors (Lipinski definition) is 0. The molecule has 72 valence electrons. The molecule has 0 heterocycles. The van der Waals surface area contributed by atoms with Crippen LogP contribution in [-0.2, 0) is 4.79 Å². The third kappa shape index (κ3) is 2.45. The topological polar surface area (TPSA) is 44.1 Å². The molecule has 1 saturated carbocycles. The van der Waals surface area contributed by atoms with Gasteiger partial charge in [0.2, 0.25) is 5.91 Å². The fraction of sp³-hybridized carbons (Fsp3) is 0.800. The number of nitriles is 1. The van der Waals surface area contributed by atoms with E-state index in [1.807, 2.05) is 6.92 Å². The third-order valence-electron chi connectivity index (χ3n) is 2.63.